The molecule has 5 heteroatoms. The highest BCUT2D eigenvalue weighted by Gasteiger charge is 2.05. The summed E-state index contributed by atoms with van der Waals surface area (Å²) in [6.45, 7) is 4.14. The summed E-state index contributed by atoms with van der Waals surface area (Å²) in [6, 6.07) is 0.340. The molecule has 2 heterocycles. The minimum absolute atomic E-state index is 0.340. The van der Waals surface area contributed by atoms with E-state index in [1.54, 1.807) is 18.6 Å². The fourth-order valence-electron chi connectivity index (χ4n) is 1.22. The molecule has 0 saturated heterocycles. The van der Waals surface area contributed by atoms with Gasteiger partial charge < -0.3 is 5.73 Å². The molecule has 0 atom stereocenters. The summed E-state index contributed by atoms with van der Waals surface area (Å²) in [7, 11) is 0. The fraction of sp³-hybridized carbons (Fsp3) is 0.300. The average Bonchev–Trinajstić information content (AvgIpc) is 2.68. The maximum Gasteiger partial charge on any atom is 0.162 e. The van der Waals surface area contributed by atoms with Gasteiger partial charge in [-0.05, 0) is 13.8 Å². The van der Waals surface area contributed by atoms with Crippen LogP contribution in [0.1, 0.15) is 19.9 Å². The quantitative estimate of drug-likeness (QED) is 0.803. The van der Waals surface area contributed by atoms with Gasteiger partial charge in [-0.3, -0.25) is 4.68 Å². The van der Waals surface area contributed by atoms with Crippen LogP contribution in [0.2, 0.25) is 0 Å². The third kappa shape index (κ3) is 1.96. The smallest absolute Gasteiger partial charge is 0.162 e. The van der Waals surface area contributed by atoms with Crippen LogP contribution in [0.4, 0.5) is 5.69 Å². The van der Waals surface area contributed by atoms with Gasteiger partial charge in [0.15, 0.2) is 5.82 Å². The lowest BCUT2D eigenvalue weighted by Gasteiger charge is -2.02. The first kappa shape index (κ1) is 9.64. The van der Waals surface area contributed by atoms with Crippen molar-refractivity contribution in [3.63, 3.8) is 0 Å². The van der Waals surface area contributed by atoms with Gasteiger partial charge in [-0.15, -0.1) is 0 Å². The van der Waals surface area contributed by atoms with Crippen molar-refractivity contribution >= 4 is 5.69 Å². The molecule has 0 bridgehead atoms. The van der Waals surface area contributed by atoms with Crippen LogP contribution >= 0.6 is 0 Å². The van der Waals surface area contributed by atoms with Crippen LogP contribution in [0.15, 0.2) is 24.8 Å². The Balaban J connectivity index is 2.33. The van der Waals surface area contributed by atoms with Gasteiger partial charge in [0, 0.05) is 12.2 Å². The predicted molar refractivity (Wildman–Crippen MR) is 58.1 cm³/mol. The Morgan fingerprint density at radius 2 is 1.87 bits per heavy atom. The predicted octanol–water partition coefficient (Wildman–Crippen LogP) is 1.50. The van der Waals surface area contributed by atoms with Gasteiger partial charge in [0.2, 0.25) is 0 Å². The molecule has 2 aromatic heterocycles. The van der Waals surface area contributed by atoms with Crippen molar-refractivity contribution in [1.29, 1.82) is 0 Å². The lowest BCUT2D eigenvalue weighted by Crippen LogP contribution is -1.99. The minimum atomic E-state index is 0.340. The summed E-state index contributed by atoms with van der Waals surface area (Å²) >= 11 is 0. The van der Waals surface area contributed by atoms with Crippen molar-refractivity contribution in [2.75, 3.05) is 5.73 Å². The van der Waals surface area contributed by atoms with Crippen molar-refractivity contribution in [2.45, 2.75) is 19.9 Å². The second kappa shape index (κ2) is 3.68. The first-order valence-electron chi connectivity index (χ1n) is 4.79. The molecule has 0 aliphatic rings. The number of nitrogens with two attached hydrogens (primary N) is 1. The molecule has 0 amide bonds. The van der Waals surface area contributed by atoms with E-state index in [0.29, 0.717) is 17.6 Å². The highest BCUT2D eigenvalue weighted by Crippen LogP contribution is 2.15. The Labute approximate surface area is 88.0 Å². The topological polar surface area (TPSA) is 69.6 Å². The van der Waals surface area contributed by atoms with E-state index >= 15 is 0 Å². The van der Waals surface area contributed by atoms with Crippen LogP contribution in [-0.4, -0.2) is 19.7 Å². The molecule has 78 valence electrons. The molecule has 0 unspecified atom stereocenters. The Bertz CT molecular complexity index is 443. The zero-order valence-electron chi connectivity index (χ0n) is 8.75. The zero-order valence-corrected chi connectivity index (χ0v) is 8.75. The van der Waals surface area contributed by atoms with Crippen LogP contribution in [0.25, 0.3) is 11.4 Å². The van der Waals surface area contributed by atoms with Gasteiger partial charge >= 0.3 is 0 Å². The zero-order chi connectivity index (χ0) is 10.8. The van der Waals surface area contributed by atoms with Gasteiger partial charge in [0.25, 0.3) is 0 Å². The summed E-state index contributed by atoms with van der Waals surface area (Å²) in [6.07, 6.45) is 6.87. The van der Waals surface area contributed by atoms with Gasteiger partial charge in [-0.1, -0.05) is 0 Å². The first-order valence-corrected chi connectivity index (χ1v) is 4.79. The number of anilines is 1. The maximum atomic E-state index is 5.51. The van der Waals surface area contributed by atoms with E-state index in [4.69, 9.17) is 5.73 Å². The summed E-state index contributed by atoms with van der Waals surface area (Å²) < 4.78 is 1.87. The third-order valence-electron chi connectivity index (χ3n) is 2.06. The molecule has 0 spiro atoms. The summed E-state index contributed by atoms with van der Waals surface area (Å²) in [5.74, 6) is 0.649. The summed E-state index contributed by atoms with van der Waals surface area (Å²) in [5, 5.41) is 4.22. The molecule has 2 rings (SSSR count). The molecule has 0 fully saturated rings. The summed E-state index contributed by atoms with van der Waals surface area (Å²) in [4.78, 5) is 8.26. The van der Waals surface area contributed by atoms with Crippen molar-refractivity contribution in [1.82, 2.24) is 19.7 Å². The molecule has 0 radical (unpaired) electrons. The van der Waals surface area contributed by atoms with Crippen LogP contribution in [0, 0.1) is 0 Å². The standard InChI is InChI=1S/C10H13N5/c1-7(2)15-6-8(3-14-15)10-12-4-9(11)5-13-10/h3-7H,11H2,1-2H3. The van der Waals surface area contributed by atoms with E-state index < -0.39 is 0 Å². The number of nitrogens with zero attached hydrogens (tertiary/aromatic N) is 4. The molecule has 5 nitrogen and oxygen atoms in total. The van der Waals surface area contributed by atoms with Gasteiger partial charge in [-0.2, -0.15) is 5.10 Å². The van der Waals surface area contributed by atoms with Crippen molar-refractivity contribution in [3.8, 4) is 11.4 Å². The Kier molecular flexibility index (Phi) is 2.37. The van der Waals surface area contributed by atoms with Crippen LogP contribution < -0.4 is 5.73 Å². The van der Waals surface area contributed by atoms with Crippen molar-refractivity contribution in [2.24, 2.45) is 0 Å². The Morgan fingerprint density at radius 3 is 2.40 bits per heavy atom. The molecule has 2 aromatic rings. The van der Waals surface area contributed by atoms with E-state index in [1.807, 2.05) is 10.9 Å². The van der Waals surface area contributed by atoms with Crippen molar-refractivity contribution in [3.05, 3.63) is 24.8 Å². The Hall–Kier alpha value is -1.91. The molecule has 0 aliphatic heterocycles. The number of aromatic nitrogens is 4. The third-order valence-corrected chi connectivity index (χ3v) is 2.06. The second-order valence-electron chi connectivity index (χ2n) is 3.64. The Morgan fingerprint density at radius 1 is 1.20 bits per heavy atom. The number of hydrogen-bond acceptors (Lipinski definition) is 4. The number of nitrogen functional groups attached to an aromatic ring is 1. The minimum Gasteiger partial charge on any atom is -0.396 e. The summed E-state index contributed by atoms with van der Waals surface area (Å²) in [5.41, 5.74) is 6.98. The molecule has 0 aliphatic carbocycles. The van der Waals surface area contributed by atoms with Crippen LogP contribution in [0.3, 0.4) is 0 Å². The highest BCUT2D eigenvalue weighted by atomic mass is 15.3. The largest absolute Gasteiger partial charge is 0.396 e. The molecular weight excluding hydrogens is 190 g/mol. The fourth-order valence-corrected chi connectivity index (χ4v) is 1.22. The second-order valence-corrected chi connectivity index (χ2v) is 3.64. The molecular formula is C10H13N5. The highest BCUT2D eigenvalue weighted by molar-refractivity contribution is 5.53. The molecule has 0 saturated carbocycles. The van der Waals surface area contributed by atoms with E-state index in [2.05, 4.69) is 28.9 Å². The lowest BCUT2D eigenvalue weighted by atomic mass is 10.3. The monoisotopic (exact) mass is 203 g/mol. The lowest BCUT2D eigenvalue weighted by molar-refractivity contribution is 0.532. The van der Waals surface area contributed by atoms with E-state index in [1.165, 1.54) is 0 Å². The van der Waals surface area contributed by atoms with E-state index in [-0.39, 0.29) is 0 Å². The first-order chi connectivity index (χ1) is 7.16. The van der Waals surface area contributed by atoms with Crippen molar-refractivity contribution < 1.29 is 0 Å². The van der Waals surface area contributed by atoms with Crippen LogP contribution in [-0.2, 0) is 0 Å². The molecule has 2 N–H and O–H groups in total. The number of hydrogen-bond donors (Lipinski definition) is 1. The SMILES string of the molecule is CC(C)n1cc(-c2ncc(N)cn2)cn1. The van der Waals surface area contributed by atoms with Gasteiger partial charge in [-0.25, -0.2) is 9.97 Å². The maximum absolute atomic E-state index is 5.51. The normalized spacial score (nSPS) is 10.9. The van der Waals surface area contributed by atoms with Crippen LogP contribution in [0.5, 0.6) is 0 Å². The van der Waals surface area contributed by atoms with Gasteiger partial charge in [0.05, 0.1) is 29.8 Å². The molecule has 15 heavy (non-hydrogen) atoms. The van der Waals surface area contributed by atoms with Gasteiger partial charge in [0.1, 0.15) is 0 Å². The van der Waals surface area contributed by atoms with E-state index in [9.17, 15) is 0 Å². The van der Waals surface area contributed by atoms with E-state index in [0.717, 1.165) is 5.56 Å². The number of rotatable bonds is 2. The molecule has 0 aromatic carbocycles. The average molecular weight is 203 g/mol.